The van der Waals surface area contributed by atoms with Gasteiger partial charge in [-0.15, -0.1) is 0 Å². The lowest BCUT2D eigenvalue weighted by Gasteiger charge is -2.11. The molecule has 0 unspecified atom stereocenters. The molecule has 1 aliphatic rings. The summed E-state index contributed by atoms with van der Waals surface area (Å²) >= 11 is 0. The van der Waals surface area contributed by atoms with Gasteiger partial charge in [-0.25, -0.2) is 0 Å². The van der Waals surface area contributed by atoms with E-state index in [0.717, 1.165) is 19.3 Å². The summed E-state index contributed by atoms with van der Waals surface area (Å²) in [7, 11) is 0. The lowest BCUT2D eigenvalue weighted by atomic mass is 10.0. The Morgan fingerprint density at radius 1 is 1.21 bits per heavy atom. The van der Waals surface area contributed by atoms with Gasteiger partial charge in [-0.3, -0.25) is 4.79 Å². The molecule has 0 N–H and O–H groups in total. The van der Waals surface area contributed by atoms with E-state index in [-0.39, 0.29) is 12.1 Å². The van der Waals surface area contributed by atoms with E-state index in [1.54, 1.807) is 0 Å². The molecule has 1 atom stereocenters. The van der Waals surface area contributed by atoms with Crippen molar-refractivity contribution in [3.63, 3.8) is 0 Å². The molecule has 0 bridgehead atoms. The summed E-state index contributed by atoms with van der Waals surface area (Å²) in [5, 5.41) is 0. The average molecular weight is 194 g/mol. The van der Waals surface area contributed by atoms with Gasteiger partial charge in [-0.1, -0.05) is 31.1 Å². The Kier molecular flexibility index (Phi) is 5.14. The third-order valence-electron chi connectivity index (χ3n) is 2.34. The zero-order valence-electron chi connectivity index (χ0n) is 8.84. The first-order valence-electron chi connectivity index (χ1n) is 5.44. The van der Waals surface area contributed by atoms with Crippen molar-refractivity contribution in [3.8, 4) is 11.8 Å². The molecular weight excluding hydrogens is 176 g/mol. The zero-order chi connectivity index (χ0) is 10.2. The molecule has 0 saturated carbocycles. The average Bonchev–Trinajstić information content (AvgIpc) is 2.15. The van der Waals surface area contributed by atoms with Crippen LogP contribution in [0.3, 0.4) is 0 Å². The third-order valence-corrected chi connectivity index (χ3v) is 2.34. The second-order valence-electron chi connectivity index (χ2n) is 3.73. The molecule has 14 heavy (non-hydrogen) atoms. The first-order valence-corrected chi connectivity index (χ1v) is 5.44. The Balaban J connectivity index is 2.43. The van der Waals surface area contributed by atoms with Crippen LogP contribution in [0.2, 0.25) is 0 Å². The summed E-state index contributed by atoms with van der Waals surface area (Å²) in [6.07, 6.45) is 7.78. The number of rotatable bonds is 1. The fourth-order valence-corrected chi connectivity index (χ4v) is 1.62. The number of ether oxygens (including phenoxy) is 1. The zero-order valence-corrected chi connectivity index (χ0v) is 8.84. The van der Waals surface area contributed by atoms with Crippen molar-refractivity contribution in [1.82, 2.24) is 0 Å². The number of hydrogen-bond donors (Lipinski definition) is 0. The van der Waals surface area contributed by atoms with Crippen molar-refractivity contribution in [1.29, 1.82) is 0 Å². The summed E-state index contributed by atoms with van der Waals surface area (Å²) in [5.74, 6) is 5.89. The number of esters is 1. The second kappa shape index (κ2) is 6.48. The molecule has 0 aromatic carbocycles. The molecule has 0 heterocycles. The summed E-state index contributed by atoms with van der Waals surface area (Å²) in [6, 6.07) is 0. The largest absolute Gasteiger partial charge is 0.449 e. The fraction of sp³-hybridized carbons (Fsp3) is 0.750. The molecule has 0 aromatic heterocycles. The van der Waals surface area contributed by atoms with Crippen LogP contribution in [0.15, 0.2) is 0 Å². The second-order valence-corrected chi connectivity index (χ2v) is 3.73. The van der Waals surface area contributed by atoms with E-state index in [9.17, 15) is 4.79 Å². The fourth-order valence-electron chi connectivity index (χ4n) is 1.62. The van der Waals surface area contributed by atoms with E-state index in [0.29, 0.717) is 0 Å². The number of carbonyl (C=O) groups excluding carboxylic acids is 1. The molecule has 2 nitrogen and oxygen atoms in total. The highest BCUT2D eigenvalue weighted by molar-refractivity contribution is 5.66. The van der Waals surface area contributed by atoms with Crippen molar-refractivity contribution < 1.29 is 9.53 Å². The predicted molar refractivity (Wildman–Crippen MR) is 55.6 cm³/mol. The van der Waals surface area contributed by atoms with Crippen molar-refractivity contribution in [2.24, 2.45) is 0 Å². The molecule has 1 aliphatic carbocycles. The van der Waals surface area contributed by atoms with E-state index < -0.39 is 0 Å². The van der Waals surface area contributed by atoms with Gasteiger partial charge in [-0.2, -0.15) is 0 Å². The van der Waals surface area contributed by atoms with Crippen molar-refractivity contribution in [2.75, 3.05) is 0 Å². The van der Waals surface area contributed by atoms with Crippen LogP contribution in [0.1, 0.15) is 51.9 Å². The Morgan fingerprint density at radius 3 is 2.71 bits per heavy atom. The van der Waals surface area contributed by atoms with Crippen LogP contribution in [0.25, 0.3) is 0 Å². The maximum atomic E-state index is 10.8. The van der Waals surface area contributed by atoms with Crippen molar-refractivity contribution in [3.05, 3.63) is 0 Å². The first-order chi connectivity index (χ1) is 6.79. The SMILES string of the molecule is CC(=O)O[C@@H]1C#CCCCCCCC1. The van der Waals surface area contributed by atoms with Gasteiger partial charge in [0.15, 0.2) is 6.10 Å². The van der Waals surface area contributed by atoms with Gasteiger partial charge in [0.2, 0.25) is 0 Å². The monoisotopic (exact) mass is 194 g/mol. The summed E-state index contributed by atoms with van der Waals surface area (Å²) < 4.78 is 5.11. The summed E-state index contributed by atoms with van der Waals surface area (Å²) in [5.41, 5.74) is 0. The van der Waals surface area contributed by atoms with E-state index in [4.69, 9.17) is 4.74 Å². The lowest BCUT2D eigenvalue weighted by Crippen LogP contribution is -2.14. The minimum atomic E-state index is -0.221. The highest BCUT2D eigenvalue weighted by Crippen LogP contribution is 2.12. The van der Waals surface area contributed by atoms with Gasteiger partial charge < -0.3 is 4.74 Å². The van der Waals surface area contributed by atoms with Crippen molar-refractivity contribution >= 4 is 5.97 Å². The molecule has 1 rings (SSSR count). The topological polar surface area (TPSA) is 26.3 Å². The van der Waals surface area contributed by atoms with Gasteiger partial charge in [0.05, 0.1) is 0 Å². The van der Waals surface area contributed by atoms with Gasteiger partial charge in [0.1, 0.15) is 0 Å². The normalized spacial score (nSPS) is 23.1. The van der Waals surface area contributed by atoms with Crippen LogP contribution in [-0.2, 0) is 9.53 Å². The van der Waals surface area contributed by atoms with E-state index >= 15 is 0 Å². The molecule has 0 aliphatic heterocycles. The lowest BCUT2D eigenvalue weighted by molar-refractivity contribution is -0.144. The van der Waals surface area contributed by atoms with Crippen molar-refractivity contribution in [2.45, 2.75) is 58.0 Å². The highest BCUT2D eigenvalue weighted by Gasteiger charge is 2.08. The summed E-state index contributed by atoms with van der Waals surface area (Å²) in [6.45, 7) is 1.44. The van der Waals surface area contributed by atoms with Crippen LogP contribution in [0.5, 0.6) is 0 Å². The van der Waals surface area contributed by atoms with Crippen LogP contribution in [0.4, 0.5) is 0 Å². The molecule has 78 valence electrons. The molecule has 0 fully saturated rings. The Bertz CT molecular complexity index is 234. The highest BCUT2D eigenvalue weighted by atomic mass is 16.5. The van der Waals surface area contributed by atoms with Crippen LogP contribution in [0, 0.1) is 11.8 Å². The van der Waals surface area contributed by atoms with Gasteiger partial charge in [-0.05, 0) is 19.3 Å². The molecular formula is C12H18O2. The predicted octanol–water partition coefficient (Wildman–Crippen LogP) is 2.67. The summed E-state index contributed by atoms with van der Waals surface area (Å²) in [4.78, 5) is 10.8. The minimum absolute atomic E-state index is 0.161. The Hall–Kier alpha value is -0.970. The third kappa shape index (κ3) is 4.91. The Morgan fingerprint density at radius 2 is 1.93 bits per heavy atom. The molecule has 0 spiro atoms. The van der Waals surface area contributed by atoms with Crippen LogP contribution in [-0.4, -0.2) is 12.1 Å². The molecule has 2 heteroatoms. The standard InChI is InChI=1S/C12H18O2/c1-11(13)14-12-9-7-5-3-2-4-6-8-10-12/h12H,2-7,9H2,1H3/t12-/m0/s1. The van der Waals surface area contributed by atoms with Gasteiger partial charge >= 0.3 is 5.97 Å². The maximum Gasteiger partial charge on any atom is 0.303 e. The van der Waals surface area contributed by atoms with Crippen LogP contribution < -0.4 is 0 Å². The van der Waals surface area contributed by atoms with Gasteiger partial charge in [0, 0.05) is 13.3 Å². The van der Waals surface area contributed by atoms with Crippen LogP contribution >= 0.6 is 0 Å². The number of hydrogen-bond acceptors (Lipinski definition) is 2. The molecule has 0 saturated heterocycles. The van der Waals surface area contributed by atoms with E-state index in [1.165, 1.54) is 32.6 Å². The molecule has 0 aromatic rings. The van der Waals surface area contributed by atoms with E-state index in [1.807, 2.05) is 0 Å². The minimum Gasteiger partial charge on any atom is -0.449 e. The smallest absolute Gasteiger partial charge is 0.303 e. The number of carbonyl (C=O) groups is 1. The quantitative estimate of drug-likeness (QED) is 0.474. The van der Waals surface area contributed by atoms with Gasteiger partial charge in [0.25, 0.3) is 0 Å². The van der Waals surface area contributed by atoms with E-state index in [2.05, 4.69) is 11.8 Å². The first kappa shape index (κ1) is 11.1. The maximum absolute atomic E-state index is 10.8. The molecule has 0 amide bonds. The Labute approximate surface area is 86.0 Å². The molecule has 0 radical (unpaired) electrons.